The highest BCUT2D eigenvalue weighted by Gasteiger charge is 2.24. The fourth-order valence-corrected chi connectivity index (χ4v) is 4.11. The molecule has 1 aromatic rings. The number of nitrogens with one attached hydrogen (secondary N) is 2. The van der Waals surface area contributed by atoms with Crippen LogP contribution in [0.4, 0.5) is 0 Å². The third-order valence-corrected chi connectivity index (χ3v) is 5.95. The second-order valence-corrected chi connectivity index (χ2v) is 7.62. The molecular weight excluding hydrogens is 427 g/mol. The van der Waals surface area contributed by atoms with Crippen LogP contribution in [0.2, 0.25) is 0 Å². The van der Waals surface area contributed by atoms with Crippen molar-refractivity contribution in [1.82, 2.24) is 15.6 Å². The Balaban J connectivity index is 0.00000242. The fraction of sp³-hybridized carbons (Fsp3) is 0.733. The van der Waals surface area contributed by atoms with Gasteiger partial charge in [0.2, 0.25) is 0 Å². The number of hydrogen-bond acceptors (Lipinski definition) is 4. The van der Waals surface area contributed by atoms with Crippen molar-refractivity contribution < 1.29 is 0 Å². The second-order valence-electron chi connectivity index (χ2n) is 5.28. The first-order valence-electron chi connectivity index (χ1n) is 7.76. The molecule has 1 heterocycles. The molecule has 2 atom stereocenters. The maximum absolute atomic E-state index is 4.68. The summed E-state index contributed by atoms with van der Waals surface area (Å²) in [4.78, 5) is 10.4. The molecule has 0 amide bonds. The minimum Gasteiger partial charge on any atom is -0.357 e. The van der Waals surface area contributed by atoms with Gasteiger partial charge in [-0.2, -0.15) is 11.8 Å². The van der Waals surface area contributed by atoms with E-state index in [2.05, 4.69) is 40.7 Å². The first-order chi connectivity index (χ1) is 10.2. The summed E-state index contributed by atoms with van der Waals surface area (Å²) in [5.74, 6) is 0.928. The van der Waals surface area contributed by atoms with Crippen molar-refractivity contribution >= 4 is 53.0 Å². The molecule has 0 bridgehead atoms. The quantitative estimate of drug-likeness (QED) is 0.391. The lowest BCUT2D eigenvalue weighted by Crippen LogP contribution is -2.42. The van der Waals surface area contributed by atoms with Crippen LogP contribution in [0.25, 0.3) is 0 Å². The zero-order valence-electron chi connectivity index (χ0n) is 13.6. The van der Waals surface area contributed by atoms with Crippen molar-refractivity contribution in [3.05, 3.63) is 16.1 Å². The van der Waals surface area contributed by atoms with Gasteiger partial charge in [0.25, 0.3) is 0 Å². The van der Waals surface area contributed by atoms with E-state index < -0.39 is 0 Å². The number of rotatable bonds is 6. The monoisotopic (exact) mass is 454 g/mol. The van der Waals surface area contributed by atoms with Gasteiger partial charge >= 0.3 is 0 Å². The molecule has 0 spiro atoms. The third-order valence-electron chi connectivity index (χ3n) is 3.73. The van der Waals surface area contributed by atoms with Crippen LogP contribution in [0.1, 0.15) is 43.0 Å². The van der Waals surface area contributed by atoms with E-state index in [0.717, 1.165) is 29.2 Å². The van der Waals surface area contributed by atoms with Gasteiger partial charge in [0, 0.05) is 28.9 Å². The molecule has 22 heavy (non-hydrogen) atoms. The zero-order valence-corrected chi connectivity index (χ0v) is 17.6. The maximum atomic E-state index is 4.68. The van der Waals surface area contributed by atoms with Crippen molar-refractivity contribution in [2.75, 3.05) is 12.8 Å². The van der Waals surface area contributed by atoms with Gasteiger partial charge in [0.15, 0.2) is 5.96 Å². The summed E-state index contributed by atoms with van der Waals surface area (Å²) >= 11 is 3.75. The lowest BCUT2D eigenvalue weighted by molar-refractivity contribution is 0.615. The Hall–Kier alpha value is -0.0200. The molecule has 7 heteroatoms. The minimum absolute atomic E-state index is 0. The topological polar surface area (TPSA) is 49.3 Å². The number of aliphatic imine (C=N–C) groups is 1. The summed E-state index contributed by atoms with van der Waals surface area (Å²) in [6.45, 7) is 5.82. The van der Waals surface area contributed by atoms with Gasteiger partial charge in [-0.3, -0.25) is 0 Å². The zero-order chi connectivity index (χ0) is 15.1. The number of aryl methyl sites for hydroxylation is 1. The van der Waals surface area contributed by atoms with E-state index in [4.69, 9.17) is 0 Å². The van der Waals surface area contributed by atoms with Crippen molar-refractivity contribution in [2.24, 2.45) is 4.99 Å². The van der Waals surface area contributed by atoms with Crippen molar-refractivity contribution in [2.45, 2.75) is 57.4 Å². The summed E-state index contributed by atoms with van der Waals surface area (Å²) in [7, 11) is 0. The summed E-state index contributed by atoms with van der Waals surface area (Å²) in [5, 5.41) is 8.81. The summed E-state index contributed by atoms with van der Waals surface area (Å²) in [6, 6.07) is 0.558. The van der Waals surface area contributed by atoms with E-state index in [-0.39, 0.29) is 24.0 Å². The van der Waals surface area contributed by atoms with Gasteiger partial charge in [-0.1, -0.05) is 6.92 Å². The molecule has 0 saturated heterocycles. The normalized spacial score (nSPS) is 21.5. The van der Waals surface area contributed by atoms with Crippen LogP contribution in [0.15, 0.2) is 11.2 Å². The Morgan fingerprint density at radius 1 is 1.45 bits per heavy atom. The SMILES string of the molecule is CCNC(=NCc1ncc(CC)s1)NC1CCC(SC)C1.I. The highest BCUT2D eigenvalue weighted by atomic mass is 127. The summed E-state index contributed by atoms with van der Waals surface area (Å²) < 4.78 is 0. The second kappa shape index (κ2) is 10.7. The van der Waals surface area contributed by atoms with Crippen LogP contribution in [0.3, 0.4) is 0 Å². The van der Waals surface area contributed by atoms with Crippen molar-refractivity contribution in [3.8, 4) is 0 Å². The molecule has 1 aliphatic rings. The predicted octanol–water partition coefficient (Wildman–Crippen LogP) is 3.66. The third kappa shape index (κ3) is 6.23. The largest absolute Gasteiger partial charge is 0.357 e. The minimum atomic E-state index is 0. The number of thiazole rings is 1. The molecular formula is C15H27IN4S2. The molecule has 2 N–H and O–H groups in total. The maximum Gasteiger partial charge on any atom is 0.191 e. The van der Waals surface area contributed by atoms with E-state index in [9.17, 15) is 0 Å². The molecule has 0 aliphatic heterocycles. The molecule has 1 saturated carbocycles. The number of halogens is 1. The van der Waals surface area contributed by atoms with E-state index in [1.54, 1.807) is 11.3 Å². The summed E-state index contributed by atoms with van der Waals surface area (Å²) in [6.07, 6.45) is 9.02. The van der Waals surface area contributed by atoms with Gasteiger partial charge in [0.1, 0.15) is 5.01 Å². The average Bonchev–Trinajstić information content (AvgIpc) is 3.13. The predicted molar refractivity (Wildman–Crippen MR) is 110 cm³/mol. The van der Waals surface area contributed by atoms with Gasteiger partial charge in [-0.05, 0) is 38.9 Å². The first kappa shape index (κ1) is 20.0. The molecule has 0 radical (unpaired) electrons. The standard InChI is InChI=1S/C15H26N4S2.HI/c1-4-12-9-17-14(21-12)10-18-15(16-5-2)19-11-6-7-13(8-11)20-3;/h9,11,13H,4-8,10H2,1-3H3,(H2,16,18,19);1H. The smallest absolute Gasteiger partial charge is 0.191 e. The van der Waals surface area contributed by atoms with Crippen LogP contribution < -0.4 is 10.6 Å². The first-order valence-corrected chi connectivity index (χ1v) is 9.86. The number of thioether (sulfide) groups is 1. The Kier molecular flexibility index (Phi) is 9.74. The molecule has 126 valence electrons. The molecule has 2 rings (SSSR count). The molecule has 1 fully saturated rings. The number of guanidine groups is 1. The van der Waals surface area contributed by atoms with Gasteiger partial charge in [-0.15, -0.1) is 35.3 Å². The number of aromatic nitrogens is 1. The van der Waals surface area contributed by atoms with Gasteiger partial charge in [0.05, 0.1) is 6.54 Å². The molecule has 1 aliphatic carbocycles. The van der Waals surface area contributed by atoms with E-state index in [1.807, 2.05) is 18.0 Å². The summed E-state index contributed by atoms with van der Waals surface area (Å²) in [5.41, 5.74) is 0. The molecule has 1 aromatic heterocycles. The molecule has 4 nitrogen and oxygen atoms in total. The highest BCUT2D eigenvalue weighted by molar-refractivity contribution is 14.0. The van der Waals surface area contributed by atoms with Crippen molar-refractivity contribution in [1.29, 1.82) is 0 Å². The van der Waals surface area contributed by atoms with Crippen LogP contribution in [-0.2, 0) is 13.0 Å². The van der Waals surface area contributed by atoms with Crippen LogP contribution >= 0.6 is 47.1 Å². The fourth-order valence-electron chi connectivity index (χ4n) is 2.53. The van der Waals surface area contributed by atoms with E-state index in [0.29, 0.717) is 12.6 Å². The van der Waals surface area contributed by atoms with Crippen LogP contribution in [0.5, 0.6) is 0 Å². The number of nitrogens with zero attached hydrogens (tertiary/aromatic N) is 2. The Morgan fingerprint density at radius 3 is 2.86 bits per heavy atom. The highest BCUT2D eigenvalue weighted by Crippen LogP contribution is 2.28. The molecule has 2 unspecified atom stereocenters. The molecule has 0 aromatic carbocycles. The van der Waals surface area contributed by atoms with Gasteiger partial charge in [-0.25, -0.2) is 9.98 Å². The van der Waals surface area contributed by atoms with E-state index >= 15 is 0 Å². The van der Waals surface area contributed by atoms with Gasteiger partial charge < -0.3 is 10.6 Å². The average molecular weight is 454 g/mol. The Labute approximate surface area is 159 Å². The van der Waals surface area contributed by atoms with Crippen molar-refractivity contribution in [3.63, 3.8) is 0 Å². The van der Waals surface area contributed by atoms with Crippen LogP contribution in [-0.4, -0.2) is 35.0 Å². The Bertz CT molecular complexity index is 464. The van der Waals surface area contributed by atoms with E-state index in [1.165, 1.54) is 24.1 Å². The lowest BCUT2D eigenvalue weighted by atomic mass is 10.2. The Morgan fingerprint density at radius 2 is 2.27 bits per heavy atom. The number of hydrogen-bond donors (Lipinski definition) is 2. The van der Waals surface area contributed by atoms with Crippen LogP contribution in [0, 0.1) is 0 Å². The lowest BCUT2D eigenvalue weighted by Gasteiger charge is -2.17.